The van der Waals surface area contributed by atoms with Crippen LogP contribution in [0.5, 0.6) is 0 Å². The summed E-state index contributed by atoms with van der Waals surface area (Å²) < 4.78 is 10.2. The van der Waals surface area contributed by atoms with Crippen molar-refractivity contribution in [2.45, 2.75) is 89.8 Å². The van der Waals surface area contributed by atoms with E-state index in [0.717, 1.165) is 36.8 Å². The molecule has 0 saturated carbocycles. The molecule has 1 unspecified atom stereocenters. The number of aryl methyl sites for hydroxylation is 2. The van der Waals surface area contributed by atoms with Crippen molar-refractivity contribution in [2.75, 3.05) is 20.2 Å². The van der Waals surface area contributed by atoms with Crippen LogP contribution in [0.25, 0.3) is 0 Å². The predicted octanol–water partition coefficient (Wildman–Crippen LogP) is 4.60. The molecule has 1 saturated heterocycles. The van der Waals surface area contributed by atoms with Gasteiger partial charge in [-0.05, 0) is 94.5 Å². The third kappa shape index (κ3) is 9.30. The Bertz CT molecular complexity index is 1290. The highest BCUT2D eigenvalue weighted by atomic mass is 16.6. The van der Waals surface area contributed by atoms with Crippen LogP contribution in [0.15, 0.2) is 48.5 Å². The summed E-state index contributed by atoms with van der Waals surface area (Å²) in [6, 6.07) is 15.9. The van der Waals surface area contributed by atoms with E-state index >= 15 is 0 Å². The fraction of sp³-hybridized carbons (Fsp3) is 0.529. The van der Waals surface area contributed by atoms with Crippen LogP contribution in [0.2, 0.25) is 0 Å². The summed E-state index contributed by atoms with van der Waals surface area (Å²) in [6.45, 7) is 6.56. The van der Waals surface area contributed by atoms with Crippen molar-refractivity contribution in [2.24, 2.45) is 5.92 Å². The Balaban J connectivity index is 1.29. The summed E-state index contributed by atoms with van der Waals surface area (Å²) in [5.41, 5.74) is 3.52. The van der Waals surface area contributed by atoms with Gasteiger partial charge < -0.3 is 25.0 Å². The number of nitrogens with zero attached hydrogens (tertiary/aromatic N) is 1. The lowest BCUT2D eigenvalue weighted by Gasteiger charge is -2.27. The Morgan fingerprint density at radius 3 is 2.53 bits per heavy atom. The van der Waals surface area contributed by atoms with Crippen LogP contribution in [-0.4, -0.2) is 66.7 Å². The normalized spacial score (nSPS) is 19.9. The van der Waals surface area contributed by atoms with Gasteiger partial charge in [-0.15, -0.1) is 0 Å². The molecule has 2 N–H and O–H groups in total. The number of likely N-dealkylation sites (tertiary alicyclic amines) is 1. The maximum absolute atomic E-state index is 13.2. The minimum absolute atomic E-state index is 0.00482. The summed E-state index contributed by atoms with van der Waals surface area (Å²) in [5.74, 6) is -0.929. The second kappa shape index (κ2) is 14.5. The topological polar surface area (TPSA) is 114 Å². The van der Waals surface area contributed by atoms with Crippen LogP contribution >= 0.6 is 0 Å². The molecule has 3 atom stereocenters. The van der Waals surface area contributed by atoms with E-state index in [-0.39, 0.29) is 42.2 Å². The van der Waals surface area contributed by atoms with Gasteiger partial charge in [-0.3, -0.25) is 14.4 Å². The van der Waals surface area contributed by atoms with E-state index in [9.17, 15) is 19.2 Å². The summed E-state index contributed by atoms with van der Waals surface area (Å²) in [4.78, 5) is 52.3. The first-order chi connectivity index (χ1) is 20.5. The van der Waals surface area contributed by atoms with Crippen molar-refractivity contribution in [1.29, 1.82) is 0 Å². The lowest BCUT2D eigenvalue weighted by Crippen LogP contribution is -2.41. The lowest BCUT2D eigenvalue weighted by atomic mass is 9.87. The van der Waals surface area contributed by atoms with Crippen molar-refractivity contribution >= 4 is 23.9 Å². The molecule has 2 aromatic rings. The van der Waals surface area contributed by atoms with Gasteiger partial charge in [0.1, 0.15) is 5.60 Å². The third-order valence-electron chi connectivity index (χ3n) is 8.16. The highest BCUT2D eigenvalue weighted by Crippen LogP contribution is 2.30. The van der Waals surface area contributed by atoms with E-state index in [2.05, 4.69) is 22.8 Å². The lowest BCUT2D eigenvalue weighted by molar-refractivity contribution is -0.144. The molecule has 4 rings (SSSR count). The average Bonchev–Trinajstić information content (AvgIpc) is 3.25. The Kier molecular flexibility index (Phi) is 10.8. The number of fused-ring (bicyclic) bond motifs is 1. The molecule has 43 heavy (non-hydrogen) atoms. The minimum Gasteiger partial charge on any atom is -0.469 e. The zero-order valence-corrected chi connectivity index (χ0v) is 25.8. The Morgan fingerprint density at radius 1 is 1.05 bits per heavy atom. The van der Waals surface area contributed by atoms with Crippen molar-refractivity contribution in [1.82, 2.24) is 15.5 Å². The molecule has 1 aliphatic heterocycles. The number of hydrogen-bond acceptors (Lipinski definition) is 6. The standard InChI is InChI=1S/C34H45N3O6/c1-34(2,3)43-33(41)36-28-15-14-24-19-26(13-12-25(24)20-28)31(39)35-17-16-29-21-27(22-30(38)42-4)32(40)37(29)18-8-11-23-9-6-5-7-10-23/h5-7,9-10,12-13,19,27-29H,8,11,14-18,20-22H2,1-4H3,(H,35,39)(H,36,41)/t27-,28?,29+/m0/s1. The van der Waals surface area contributed by atoms with E-state index in [4.69, 9.17) is 9.47 Å². The summed E-state index contributed by atoms with van der Waals surface area (Å²) in [6.07, 6.45) is 4.79. The maximum Gasteiger partial charge on any atom is 0.407 e. The first-order valence-electron chi connectivity index (χ1n) is 15.3. The average molecular weight is 592 g/mol. The van der Waals surface area contributed by atoms with Crippen molar-refractivity contribution in [3.63, 3.8) is 0 Å². The van der Waals surface area contributed by atoms with Gasteiger partial charge in [-0.2, -0.15) is 0 Å². The van der Waals surface area contributed by atoms with Crippen LogP contribution in [0, 0.1) is 5.92 Å². The molecular weight excluding hydrogens is 546 g/mol. The molecule has 1 fully saturated rings. The van der Waals surface area contributed by atoms with Crippen LogP contribution in [0.4, 0.5) is 4.79 Å². The summed E-state index contributed by atoms with van der Waals surface area (Å²) >= 11 is 0. The Morgan fingerprint density at radius 2 is 1.81 bits per heavy atom. The second-order valence-electron chi connectivity index (χ2n) is 12.6. The monoisotopic (exact) mass is 591 g/mol. The molecule has 2 aromatic carbocycles. The Hall–Kier alpha value is -3.88. The quantitative estimate of drug-likeness (QED) is 0.369. The molecule has 2 aliphatic rings. The number of alkyl carbamates (subject to hydrolysis) is 1. The second-order valence-corrected chi connectivity index (χ2v) is 12.6. The van der Waals surface area contributed by atoms with Crippen molar-refractivity contribution in [3.8, 4) is 0 Å². The molecule has 1 heterocycles. The molecule has 3 amide bonds. The van der Waals surface area contributed by atoms with E-state index < -0.39 is 11.7 Å². The van der Waals surface area contributed by atoms with Crippen LogP contribution in [0.3, 0.4) is 0 Å². The number of carbonyl (C=O) groups is 4. The van der Waals surface area contributed by atoms with Gasteiger partial charge >= 0.3 is 12.1 Å². The fourth-order valence-corrected chi connectivity index (χ4v) is 6.04. The van der Waals surface area contributed by atoms with Gasteiger partial charge in [0, 0.05) is 30.7 Å². The van der Waals surface area contributed by atoms with Crippen molar-refractivity contribution in [3.05, 3.63) is 70.8 Å². The van der Waals surface area contributed by atoms with Crippen LogP contribution in [0.1, 0.15) is 79.9 Å². The number of amides is 3. The highest BCUT2D eigenvalue weighted by Gasteiger charge is 2.40. The maximum atomic E-state index is 13.2. The van der Waals surface area contributed by atoms with Gasteiger partial charge in [0.2, 0.25) is 5.91 Å². The van der Waals surface area contributed by atoms with E-state index in [1.54, 1.807) is 0 Å². The van der Waals surface area contributed by atoms with Crippen LogP contribution in [-0.2, 0) is 38.3 Å². The number of methoxy groups -OCH3 is 1. The number of nitrogens with one attached hydrogen (secondary N) is 2. The van der Waals surface area contributed by atoms with Gasteiger partial charge in [0.05, 0.1) is 19.4 Å². The third-order valence-corrected chi connectivity index (χ3v) is 8.16. The van der Waals surface area contributed by atoms with E-state index in [0.29, 0.717) is 37.9 Å². The Labute approximate surface area is 254 Å². The van der Waals surface area contributed by atoms with Gasteiger partial charge in [0.25, 0.3) is 5.91 Å². The minimum atomic E-state index is -0.544. The molecule has 1 aliphatic carbocycles. The smallest absolute Gasteiger partial charge is 0.407 e. The number of ether oxygens (including phenoxy) is 2. The number of benzene rings is 2. The highest BCUT2D eigenvalue weighted by molar-refractivity contribution is 5.94. The van der Waals surface area contributed by atoms with Gasteiger partial charge in [-0.25, -0.2) is 4.79 Å². The summed E-state index contributed by atoms with van der Waals surface area (Å²) in [7, 11) is 1.34. The fourth-order valence-electron chi connectivity index (χ4n) is 6.04. The molecule has 0 spiro atoms. The SMILES string of the molecule is COC(=O)C[C@@H]1C[C@@H](CCNC(=O)c2ccc3c(c2)CCC(NC(=O)OC(C)(C)C)C3)N(CCCc2ccccc2)C1=O. The number of hydrogen-bond donors (Lipinski definition) is 2. The molecule has 0 aromatic heterocycles. The molecular formula is C34H45N3O6. The molecule has 232 valence electrons. The zero-order chi connectivity index (χ0) is 31.0. The number of carbonyl (C=O) groups excluding carboxylic acids is 4. The van der Waals surface area contributed by atoms with Gasteiger partial charge in [-0.1, -0.05) is 36.4 Å². The first kappa shape index (κ1) is 32.0. The molecule has 9 nitrogen and oxygen atoms in total. The van der Waals surface area contributed by atoms with Gasteiger partial charge in [0.15, 0.2) is 0 Å². The van der Waals surface area contributed by atoms with Crippen molar-refractivity contribution < 1.29 is 28.7 Å². The number of esters is 1. The summed E-state index contributed by atoms with van der Waals surface area (Å²) in [5, 5.41) is 5.99. The molecule has 0 bridgehead atoms. The van der Waals surface area contributed by atoms with E-state index in [1.165, 1.54) is 12.7 Å². The number of rotatable bonds is 11. The zero-order valence-electron chi connectivity index (χ0n) is 25.8. The molecule has 0 radical (unpaired) electrons. The van der Waals surface area contributed by atoms with Crippen LogP contribution < -0.4 is 10.6 Å². The largest absolute Gasteiger partial charge is 0.469 e. The predicted molar refractivity (Wildman–Crippen MR) is 164 cm³/mol. The first-order valence-corrected chi connectivity index (χ1v) is 15.3. The van der Waals surface area contributed by atoms with E-state index in [1.807, 2.05) is 62.1 Å². The molecule has 9 heteroatoms.